The molecule has 0 aromatic rings. The van der Waals surface area contributed by atoms with Crippen molar-refractivity contribution in [3.8, 4) is 0 Å². The van der Waals surface area contributed by atoms with Crippen LogP contribution in [0, 0.1) is 5.92 Å². The number of ether oxygens (including phenoxy) is 2. The van der Waals surface area contributed by atoms with Gasteiger partial charge < -0.3 is 9.47 Å². The Balaban J connectivity index is 1.95. The topological polar surface area (TPSA) is 52.6 Å². The van der Waals surface area contributed by atoms with Crippen molar-refractivity contribution in [2.45, 2.75) is 44.7 Å². The summed E-state index contributed by atoms with van der Waals surface area (Å²) in [5.74, 6) is -0.345. The Morgan fingerprint density at radius 3 is 2.19 bits per heavy atom. The zero-order chi connectivity index (χ0) is 12.0. The zero-order valence-corrected chi connectivity index (χ0v) is 10.8. The normalized spacial score (nSPS) is 38.1. The molecule has 2 rings (SSSR count). The van der Waals surface area contributed by atoms with Crippen molar-refractivity contribution in [2.24, 2.45) is 5.92 Å². The molecule has 92 valence electrons. The van der Waals surface area contributed by atoms with Gasteiger partial charge in [-0.25, -0.2) is 8.42 Å². The molecule has 0 aromatic carbocycles. The molecule has 1 aliphatic carbocycles. The van der Waals surface area contributed by atoms with E-state index in [4.69, 9.17) is 20.2 Å². The highest BCUT2D eigenvalue weighted by atomic mass is 35.7. The zero-order valence-electron chi connectivity index (χ0n) is 9.22. The van der Waals surface area contributed by atoms with Crippen molar-refractivity contribution in [3.63, 3.8) is 0 Å². The summed E-state index contributed by atoms with van der Waals surface area (Å²) < 4.78 is 32.9. The van der Waals surface area contributed by atoms with Crippen molar-refractivity contribution in [1.82, 2.24) is 0 Å². The third kappa shape index (κ3) is 2.97. The van der Waals surface area contributed by atoms with Gasteiger partial charge in [0.2, 0.25) is 0 Å². The summed E-state index contributed by atoms with van der Waals surface area (Å²) in [7, 11) is 1.55. The van der Waals surface area contributed by atoms with Crippen LogP contribution in [0.15, 0.2) is 11.5 Å². The number of rotatable bonds is 2. The fraction of sp³-hybridized carbons (Fsp3) is 0.800. The molecule has 0 spiro atoms. The Morgan fingerprint density at radius 2 is 1.75 bits per heavy atom. The second-order valence-electron chi connectivity index (χ2n) is 4.75. The molecule has 4 nitrogen and oxygen atoms in total. The van der Waals surface area contributed by atoms with Crippen molar-refractivity contribution < 1.29 is 17.9 Å². The van der Waals surface area contributed by atoms with E-state index < -0.39 is 14.8 Å². The van der Waals surface area contributed by atoms with Gasteiger partial charge >= 0.3 is 0 Å². The lowest BCUT2D eigenvalue weighted by Gasteiger charge is -2.19. The van der Waals surface area contributed by atoms with Crippen LogP contribution in [0.3, 0.4) is 0 Å². The highest BCUT2D eigenvalue weighted by molar-refractivity contribution is 8.16. The van der Waals surface area contributed by atoms with Gasteiger partial charge in [0.05, 0.1) is 12.2 Å². The maximum atomic E-state index is 10.8. The SMILES string of the molecule is CC1(C)O[C@H]2CC(/C=C/S(=O)(=O)Cl)C[C@H]2O1. The van der Waals surface area contributed by atoms with Crippen molar-refractivity contribution >= 4 is 19.7 Å². The second-order valence-corrected chi connectivity index (χ2v) is 7.26. The average molecular weight is 267 g/mol. The maximum absolute atomic E-state index is 10.8. The summed E-state index contributed by atoms with van der Waals surface area (Å²) in [5.41, 5.74) is 0. The van der Waals surface area contributed by atoms with E-state index in [1.165, 1.54) is 0 Å². The van der Waals surface area contributed by atoms with Crippen LogP contribution >= 0.6 is 10.7 Å². The molecule has 2 aliphatic rings. The smallest absolute Gasteiger partial charge is 0.254 e. The third-order valence-electron chi connectivity index (χ3n) is 2.87. The largest absolute Gasteiger partial charge is 0.345 e. The maximum Gasteiger partial charge on any atom is 0.254 e. The molecular weight excluding hydrogens is 252 g/mol. The molecule has 0 bridgehead atoms. The first-order valence-corrected chi connectivity index (χ1v) is 7.61. The standard InChI is InChI=1S/C10H15ClO4S/c1-10(2)14-8-5-7(6-9(8)15-10)3-4-16(11,12)13/h3-4,7-9H,5-6H2,1-2H3/b4-3+/t7?,8-,9+. The summed E-state index contributed by atoms with van der Waals surface area (Å²) in [4.78, 5) is 0. The molecule has 16 heavy (non-hydrogen) atoms. The van der Waals surface area contributed by atoms with Gasteiger partial charge in [-0.05, 0) is 32.6 Å². The number of allylic oxidation sites excluding steroid dienone is 1. The fourth-order valence-corrected chi connectivity index (χ4v) is 2.95. The first kappa shape index (κ1) is 12.4. The molecule has 0 aromatic heterocycles. The van der Waals surface area contributed by atoms with E-state index in [-0.39, 0.29) is 18.1 Å². The first-order chi connectivity index (χ1) is 7.25. The van der Waals surface area contributed by atoms with Crippen LogP contribution < -0.4 is 0 Å². The number of hydrogen-bond acceptors (Lipinski definition) is 4. The van der Waals surface area contributed by atoms with Crippen molar-refractivity contribution in [1.29, 1.82) is 0 Å². The molecule has 1 saturated heterocycles. The molecule has 2 fully saturated rings. The second kappa shape index (κ2) is 3.98. The van der Waals surface area contributed by atoms with Gasteiger partial charge in [-0.15, -0.1) is 0 Å². The van der Waals surface area contributed by atoms with Crippen LogP contribution in [0.25, 0.3) is 0 Å². The van der Waals surface area contributed by atoms with Crippen LogP contribution in [0.2, 0.25) is 0 Å². The molecule has 0 amide bonds. The molecule has 1 saturated carbocycles. The molecule has 3 atom stereocenters. The monoisotopic (exact) mass is 266 g/mol. The van der Waals surface area contributed by atoms with Gasteiger partial charge in [0.15, 0.2) is 5.79 Å². The van der Waals surface area contributed by atoms with E-state index in [2.05, 4.69) is 0 Å². The number of halogens is 1. The first-order valence-electron chi connectivity index (χ1n) is 5.24. The van der Waals surface area contributed by atoms with Crippen LogP contribution in [-0.2, 0) is 18.5 Å². The van der Waals surface area contributed by atoms with E-state index in [9.17, 15) is 8.42 Å². The summed E-state index contributed by atoms with van der Waals surface area (Å²) in [6.07, 6.45) is 3.35. The van der Waals surface area contributed by atoms with Gasteiger partial charge in [0.25, 0.3) is 9.05 Å². The highest BCUT2D eigenvalue weighted by Gasteiger charge is 2.46. The summed E-state index contributed by atoms with van der Waals surface area (Å²) in [5, 5.41) is 1.05. The molecule has 1 unspecified atom stereocenters. The van der Waals surface area contributed by atoms with Gasteiger partial charge in [-0.3, -0.25) is 0 Å². The van der Waals surface area contributed by atoms with Gasteiger partial charge in [-0.2, -0.15) is 0 Å². The Kier molecular flexibility index (Phi) is 3.07. The lowest BCUT2D eigenvalue weighted by molar-refractivity contribution is -0.152. The van der Waals surface area contributed by atoms with Crippen LogP contribution in [0.1, 0.15) is 26.7 Å². The van der Waals surface area contributed by atoms with E-state index in [0.29, 0.717) is 0 Å². The van der Waals surface area contributed by atoms with Crippen molar-refractivity contribution in [2.75, 3.05) is 0 Å². The van der Waals surface area contributed by atoms with Gasteiger partial charge in [0, 0.05) is 16.1 Å². The van der Waals surface area contributed by atoms with Gasteiger partial charge in [-0.1, -0.05) is 6.08 Å². The fourth-order valence-electron chi connectivity index (χ4n) is 2.36. The minimum atomic E-state index is -3.55. The molecular formula is C10H15ClO4S. The Hall–Kier alpha value is -0.100. The summed E-state index contributed by atoms with van der Waals surface area (Å²) in [6.45, 7) is 3.78. The van der Waals surface area contributed by atoms with E-state index in [1.54, 1.807) is 6.08 Å². The van der Waals surface area contributed by atoms with E-state index in [0.717, 1.165) is 18.2 Å². The lowest BCUT2D eigenvalue weighted by Crippen LogP contribution is -2.22. The van der Waals surface area contributed by atoms with Gasteiger partial charge in [0.1, 0.15) is 0 Å². The number of hydrogen-bond donors (Lipinski definition) is 0. The van der Waals surface area contributed by atoms with Crippen LogP contribution in [0.5, 0.6) is 0 Å². The Labute approximate surface area is 100.0 Å². The quantitative estimate of drug-likeness (QED) is 0.718. The third-order valence-corrected chi connectivity index (χ3v) is 3.66. The van der Waals surface area contributed by atoms with Crippen LogP contribution in [0.4, 0.5) is 0 Å². The molecule has 1 aliphatic heterocycles. The van der Waals surface area contributed by atoms with Crippen LogP contribution in [-0.4, -0.2) is 26.4 Å². The highest BCUT2D eigenvalue weighted by Crippen LogP contribution is 2.41. The predicted molar refractivity (Wildman–Crippen MR) is 60.5 cm³/mol. The Bertz CT molecular complexity index is 385. The minimum Gasteiger partial charge on any atom is -0.345 e. The van der Waals surface area contributed by atoms with E-state index in [1.807, 2.05) is 13.8 Å². The summed E-state index contributed by atoms with van der Waals surface area (Å²) >= 11 is 0. The minimum absolute atomic E-state index is 0.0719. The predicted octanol–water partition coefficient (Wildman–Crippen LogP) is 2.00. The number of fused-ring (bicyclic) bond motifs is 1. The lowest BCUT2D eigenvalue weighted by atomic mass is 10.1. The molecule has 1 heterocycles. The van der Waals surface area contributed by atoms with Crippen molar-refractivity contribution in [3.05, 3.63) is 11.5 Å². The molecule has 0 N–H and O–H groups in total. The Morgan fingerprint density at radius 1 is 1.25 bits per heavy atom. The molecule has 0 radical (unpaired) electrons. The summed E-state index contributed by atoms with van der Waals surface area (Å²) in [6, 6.07) is 0. The molecule has 6 heteroatoms. The van der Waals surface area contributed by atoms with E-state index >= 15 is 0 Å². The average Bonchev–Trinajstić information content (AvgIpc) is 2.52.